The van der Waals surface area contributed by atoms with Crippen molar-refractivity contribution in [2.75, 3.05) is 25.6 Å². The highest BCUT2D eigenvalue weighted by Crippen LogP contribution is 2.47. The van der Waals surface area contributed by atoms with Gasteiger partial charge in [0.1, 0.15) is 5.41 Å². The Morgan fingerprint density at radius 1 is 1.19 bits per heavy atom. The number of ether oxygens (including phenoxy) is 1. The van der Waals surface area contributed by atoms with Crippen molar-refractivity contribution in [3.05, 3.63) is 29.3 Å². The van der Waals surface area contributed by atoms with Crippen molar-refractivity contribution in [3.8, 4) is 0 Å². The minimum Gasteiger partial charge on any atom is -0.383 e. The predicted octanol–water partition coefficient (Wildman–Crippen LogP) is 1.78. The smallest absolute Gasteiger partial charge is 0.240 e. The van der Waals surface area contributed by atoms with Gasteiger partial charge in [0.2, 0.25) is 11.8 Å². The molecule has 2 amide bonds. The van der Waals surface area contributed by atoms with Crippen LogP contribution in [-0.2, 0) is 14.3 Å². The van der Waals surface area contributed by atoms with E-state index in [1.54, 1.807) is 7.11 Å². The molecule has 21 heavy (non-hydrogen) atoms. The maximum Gasteiger partial charge on any atom is 0.240 e. The fraction of sp³-hybridized carbons (Fsp3) is 0.500. The quantitative estimate of drug-likeness (QED) is 0.620. The minimum atomic E-state index is -0.900. The van der Waals surface area contributed by atoms with Crippen LogP contribution in [-0.4, -0.2) is 32.1 Å². The number of nitrogens with one attached hydrogen (secondary N) is 2. The first-order valence-corrected chi connectivity index (χ1v) is 7.16. The summed E-state index contributed by atoms with van der Waals surface area (Å²) in [6.07, 6.45) is 1.20. The summed E-state index contributed by atoms with van der Waals surface area (Å²) >= 11 is 0. The third-order valence-corrected chi connectivity index (χ3v) is 3.93. The van der Waals surface area contributed by atoms with Crippen LogP contribution in [0.4, 0.5) is 5.69 Å². The highest BCUT2D eigenvalue weighted by atomic mass is 16.5. The first-order chi connectivity index (χ1) is 10.0. The zero-order valence-corrected chi connectivity index (χ0v) is 12.8. The average Bonchev–Trinajstić information content (AvgIpc) is 3.24. The largest absolute Gasteiger partial charge is 0.383 e. The van der Waals surface area contributed by atoms with Gasteiger partial charge in [0.25, 0.3) is 0 Å². The number of carbonyl (C=O) groups excluding carboxylic acids is 2. The number of carbonyl (C=O) groups is 2. The Hall–Kier alpha value is -1.88. The number of methoxy groups -OCH3 is 1. The van der Waals surface area contributed by atoms with Crippen molar-refractivity contribution >= 4 is 17.5 Å². The van der Waals surface area contributed by atoms with Gasteiger partial charge in [0, 0.05) is 19.3 Å². The lowest BCUT2D eigenvalue weighted by atomic mass is 10.0. The molecule has 0 saturated heterocycles. The number of benzene rings is 1. The van der Waals surface area contributed by atoms with Crippen molar-refractivity contribution in [2.45, 2.75) is 26.7 Å². The molecule has 0 heterocycles. The molecule has 2 N–H and O–H groups in total. The Labute approximate surface area is 125 Å². The number of rotatable bonds is 6. The van der Waals surface area contributed by atoms with E-state index in [1.165, 1.54) is 0 Å². The lowest BCUT2D eigenvalue weighted by Crippen LogP contribution is -2.41. The van der Waals surface area contributed by atoms with Crippen molar-refractivity contribution in [1.29, 1.82) is 0 Å². The Morgan fingerprint density at radius 2 is 1.81 bits per heavy atom. The Morgan fingerprint density at radius 3 is 2.33 bits per heavy atom. The number of hydrogen-bond acceptors (Lipinski definition) is 3. The second-order valence-electron chi connectivity index (χ2n) is 5.55. The number of amides is 2. The average molecular weight is 290 g/mol. The summed E-state index contributed by atoms with van der Waals surface area (Å²) in [7, 11) is 1.58. The molecule has 1 aromatic rings. The second kappa shape index (κ2) is 6.26. The van der Waals surface area contributed by atoms with Gasteiger partial charge in [-0.25, -0.2) is 0 Å². The third kappa shape index (κ3) is 3.24. The van der Waals surface area contributed by atoms with E-state index in [4.69, 9.17) is 4.74 Å². The van der Waals surface area contributed by atoms with Crippen LogP contribution in [0, 0.1) is 19.3 Å². The zero-order chi connectivity index (χ0) is 15.5. The molecule has 5 heteroatoms. The van der Waals surface area contributed by atoms with Gasteiger partial charge in [-0.3, -0.25) is 9.59 Å². The summed E-state index contributed by atoms with van der Waals surface area (Å²) in [5.74, 6) is -0.418. The molecular weight excluding hydrogens is 268 g/mol. The van der Waals surface area contributed by atoms with Crippen LogP contribution >= 0.6 is 0 Å². The van der Waals surface area contributed by atoms with Gasteiger partial charge in [-0.15, -0.1) is 0 Å². The fourth-order valence-electron chi connectivity index (χ4n) is 2.36. The standard InChI is InChI=1S/C16H22N2O3/c1-11-5-4-6-12(2)13(11)18-15(20)16(7-8-16)14(19)17-9-10-21-3/h4-6H,7-10H2,1-3H3,(H,17,19)(H,18,20). The molecular formula is C16H22N2O3. The predicted molar refractivity (Wildman–Crippen MR) is 81.1 cm³/mol. The van der Waals surface area contributed by atoms with Gasteiger partial charge >= 0.3 is 0 Å². The molecule has 0 radical (unpaired) electrons. The summed E-state index contributed by atoms with van der Waals surface area (Å²) < 4.78 is 4.90. The highest BCUT2D eigenvalue weighted by Gasteiger charge is 2.56. The number of anilines is 1. The molecule has 5 nitrogen and oxygen atoms in total. The second-order valence-corrected chi connectivity index (χ2v) is 5.55. The van der Waals surface area contributed by atoms with Crippen LogP contribution in [0.3, 0.4) is 0 Å². The Kier molecular flexibility index (Phi) is 4.63. The minimum absolute atomic E-state index is 0.205. The summed E-state index contributed by atoms with van der Waals surface area (Å²) in [6, 6.07) is 5.84. The fourth-order valence-corrected chi connectivity index (χ4v) is 2.36. The van der Waals surface area contributed by atoms with E-state index in [-0.39, 0.29) is 11.8 Å². The number of para-hydroxylation sites is 1. The monoisotopic (exact) mass is 290 g/mol. The number of aryl methyl sites for hydroxylation is 2. The van der Waals surface area contributed by atoms with E-state index in [0.717, 1.165) is 16.8 Å². The molecule has 1 saturated carbocycles. The van der Waals surface area contributed by atoms with Gasteiger partial charge < -0.3 is 15.4 Å². The van der Waals surface area contributed by atoms with Crippen LogP contribution < -0.4 is 10.6 Å². The molecule has 1 fully saturated rings. The highest BCUT2D eigenvalue weighted by molar-refractivity contribution is 6.13. The Balaban J connectivity index is 2.04. The van der Waals surface area contributed by atoms with Crippen molar-refractivity contribution in [2.24, 2.45) is 5.41 Å². The van der Waals surface area contributed by atoms with Gasteiger partial charge in [0.05, 0.1) is 6.61 Å². The molecule has 0 aromatic heterocycles. The van der Waals surface area contributed by atoms with Crippen LogP contribution in [0.25, 0.3) is 0 Å². The lowest BCUT2D eigenvalue weighted by Gasteiger charge is -2.17. The van der Waals surface area contributed by atoms with E-state index in [0.29, 0.717) is 26.0 Å². The SMILES string of the molecule is COCCNC(=O)C1(C(=O)Nc2c(C)cccc2C)CC1. The van der Waals surface area contributed by atoms with Gasteiger partial charge in [0.15, 0.2) is 0 Å². The van der Waals surface area contributed by atoms with Crippen LogP contribution in [0.2, 0.25) is 0 Å². The lowest BCUT2D eigenvalue weighted by molar-refractivity contribution is -0.134. The first kappa shape index (κ1) is 15.5. The van der Waals surface area contributed by atoms with Crippen molar-refractivity contribution in [3.63, 3.8) is 0 Å². The van der Waals surface area contributed by atoms with Gasteiger partial charge in [-0.2, -0.15) is 0 Å². The van der Waals surface area contributed by atoms with E-state index >= 15 is 0 Å². The third-order valence-electron chi connectivity index (χ3n) is 3.93. The molecule has 1 aliphatic rings. The molecule has 2 rings (SSSR count). The van der Waals surface area contributed by atoms with E-state index in [1.807, 2.05) is 32.0 Å². The van der Waals surface area contributed by atoms with Crippen LogP contribution in [0.5, 0.6) is 0 Å². The molecule has 1 aromatic carbocycles. The molecule has 0 unspecified atom stereocenters. The summed E-state index contributed by atoms with van der Waals surface area (Å²) in [5, 5.41) is 5.68. The van der Waals surface area contributed by atoms with Gasteiger partial charge in [-0.05, 0) is 37.8 Å². The maximum absolute atomic E-state index is 12.5. The van der Waals surface area contributed by atoms with Crippen molar-refractivity contribution in [1.82, 2.24) is 5.32 Å². The van der Waals surface area contributed by atoms with E-state index < -0.39 is 5.41 Å². The van der Waals surface area contributed by atoms with E-state index in [2.05, 4.69) is 10.6 Å². The molecule has 1 aliphatic carbocycles. The summed E-state index contributed by atoms with van der Waals surface area (Å²) in [6.45, 7) is 4.76. The van der Waals surface area contributed by atoms with Crippen molar-refractivity contribution < 1.29 is 14.3 Å². The maximum atomic E-state index is 12.5. The van der Waals surface area contributed by atoms with E-state index in [9.17, 15) is 9.59 Å². The number of hydrogen-bond donors (Lipinski definition) is 2. The van der Waals surface area contributed by atoms with Gasteiger partial charge in [-0.1, -0.05) is 18.2 Å². The zero-order valence-electron chi connectivity index (χ0n) is 12.8. The molecule has 0 bridgehead atoms. The normalized spacial score (nSPS) is 15.4. The molecule has 114 valence electrons. The Bertz CT molecular complexity index is 530. The molecule has 0 spiro atoms. The summed E-state index contributed by atoms with van der Waals surface area (Å²) in [5.41, 5.74) is 1.90. The summed E-state index contributed by atoms with van der Waals surface area (Å²) in [4.78, 5) is 24.6. The topological polar surface area (TPSA) is 67.4 Å². The first-order valence-electron chi connectivity index (χ1n) is 7.16. The van der Waals surface area contributed by atoms with Crippen LogP contribution in [0.15, 0.2) is 18.2 Å². The van der Waals surface area contributed by atoms with Crippen LogP contribution in [0.1, 0.15) is 24.0 Å². The molecule has 0 atom stereocenters. The molecule has 0 aliphatic heterocycles.